The lowest BCUT2D eigenvalue weighted by Crippen LogP contribution is -2.52. The number of nitrogens with zero attached hydrogens (tertiary/aromatic N) is 8. The molecular weight excluding hydrogens is 472 g/mol. The van der Waals surface area contributed by atoms with Crippen LogP contribution in [-0.4, -0.2) is 87.3 Å². The van der Waals surface area contributed by atoms with Crippen LogP contribution < -0.4 is 9.47 Å². The van der Waals surface area contributed by atoms with Crippen molar-refractivity contribution >= 4 is 22.4 Å². The van der Waals surface area contributed by atoms with Gasteiger partial charge in [-0.3, -0.25) is 15.0 Å². The van der Waals surface area contributed by atoms with E-state index in [0.29, 0.717) is 30.6 Å². The number of pyridine rings is 1. The van der Waals surface area contributed by atoms with Gasteiger partial charge in [0, 0.05) is 62.8 Å². The van der Waals surface area contributed by atoms with E-state index in [1.165, 1.54) is 4.31 Å². The lowest BCUT2D eigenvalue weighted by Gasteiger charge is -2.35. The van der Waals surface area contributed by atoms with E-state index in [9.17, 15) is 18.4 Å². The summed E-state index contributed by atoms with van der Waals surface area (Å²) in [5, 5.41) is 10.4. The van der Waals surface area contributed by atoms with Crippen molar-refractivity contribution in [3.63, 3.8) is 0 Å². The van der Waals surface area contributed by atoms with Crippen LogP contribution in [0.15, 0.2) is 61.6 Å². The van der Waals surface area contributed by atoms with Gasteiger partial charge in [0.25, 0.3) is 6.33 Å². The fourth-order valence-corrected chi connectivity index (χ4v) is 5.57. The number of carbonyl (C=O) groups is 1. The number of amides is 1. The third kappa shape index (κ3) is 6.32. The Bertz CT molecular complexity index is 1190. The van der Waals surface area contributed by atoms with Crippen LogP contribution in [0.4, 0.5) is 5.95 Å². The fraction of sp³-hybridized carbons (Fsp3) is 0.364. The maximum absolute atomic E-state index is 13.1. The minimum absolute atomic E-state index is 0.234. The van der Waals surface area contributed by atoms with E-state index >= 15 is 0 Å². The van der Waals surface area contributed by atoms with Crippen molar-refractivity contribution in [3.8, 4) is 11.3 Å². The Morgan fingerprint density at radius 2 is 1.86 bits per heavy atom. The van der Waals surface area contributed by atoms with Gasteiger partial charge in [-0.15, -0.1) is 0 Å². The van der Waals surface area contributed by atoms with Gasteiger partial charge in [-0.25, -0.2) is 28.0 Å². The highest BCUT2D eigenvalue weighted by molar-refractivity contribution is 7.89. The van der Waals surface area contributed by atoms with Crippen molar-refractivity contribution in [2.24, 2.45) is 0 Å². The Kier molecular flexibility index (Phi) is 7.90. The molecule has 184 valence electrons. The van der Waals surface area contributed by atoms with Crippen molar-refractivity contribution in [2.45, 2.75) is 19.0 Å². The number of aromatic nitrogens is 5. The quantitative estimate of drug-likeness (QED) is 0.177. The van der Waals surface area contributed by atoms with Crippen molar-refractivity contribution in [1.82, 2.24) is 29.3 Å². The summed E-state index contributed by atoms with van der Waals surface area (Å²) >= 11 is 0. The molecule has 0 saturated carbocycles. The van der Waals surface area contributed by atoms with E-state index in [0.717, 1.165) is 11.3 Å². The van der Waals surface area contributed by atoms with Crippen LogP contribution in [-0.2, 0) is 21.4 Å². The molecule has 1 fully saturated rings. The smallest absolute Gasteiger partial charge is 0.286 e. The van der Waals surface area contributed by atoms with Crippen LogP contribution in [0, 0.1) is 0 Å². The molecule has 4 heterocycles. The van der Waals surface area contributed by atoms with Gasteiger partial charge in [0.1, 0.15) is 6.20 Å². The number of hydrogen-bond donors (Lipinski definition) is 1. The Morgan fingerprint density at radius 1 is 1.09 bits per heavy atom. The number of carbonyl (C=O) groups excluding carboxylic acids is 1. The van der Waals surface area contributed by atoms with Gasteiger partial charge in [-0.2, -0.15) is 4.31 Å². The van der Waals surface area contributed by atoms with E-state index in [-0.39, 0.29) is 31.7 Å². The Hall–Kier alpha value is -3.55. The number of anilines is 1. The molecule has 1 unspecified atom stereocenters. The first-order valence-corrected chi connectivity index (χ1v) is 12.7. The minimum Gasteiger partial charge on any atom is -0.338 e. The number of piperazine rings is 1. The molecule has 1 atom stereocenters. The first-order valence-electron chi connectivity index (χ1n) is 11.1. The van der Waals surface area contributed by atoms with Crippen molar-refractivity contribution in [2.75, 3.05) is 36.8 Å². The summed E-state index contributed by atoms with van der Waals surface area (Å²) < 4.78 is 29.3. The van der Waals surface area contributed by atoms with E-state index in [1.54, 1.807) is 47.9 Å². The molecule has 0 bridgehead atoms. The molecule has 1 aliphatic rings. The van der Waals surface area contributed by atoms with Crippen LogP contribution in [0.1, 0.15) is 6.42 Å². The Morgan fingerprint density at radius 3 is 2.49 bits per heavy atom. The summed E-state index contributed by atoms with van der Waals surface area (Å²) in [5.41, 5.74) is 1.58. The predicted molar refractivity (Wildman–Crippen MR) is 125 cm³/mol. The molecule has 13 heteroatoms. The van der Waals surface area contributed by atoms with Crippen LogP contribution in [0.2, 0.25) is 0 Å². The summed E-state index contributed by atoms with van der Waals surface area (Å²) in [6, 6.07) is 6.47. The normalized spacial score (nSPS) is 15.5. The average molecular weight is 500 g/mol. The first-order chi connectivity index (χ1) is 17.0. The van der Waals surface area contributed by atoms with Crippen molar-refractivity contribution in [1.29, 1.82) is 0 Å². The number of sulfonamides is 1. The lowest BCUT2D eigenvalue weighted by molar-refractivity contribution is -0.700. The zero-order valence-electron chi connectivity index (χ0n) is 19.0. The van der Waals surface area contributed by atoms with E-state index in [2.05, 4.69) is 19.9 Å². The Labute approximate surface area is 203 Å². The van der Waals surface area contributed by atoms with Gasteiger partial charge in [0.15, 0.2) is 0 Å². The number of hydrogen-bond acceptors (Lipinski definition) is 9. The topological polar surface area (TPSA) is 137 Å². The molecule has 35 heavy (non-hydrogen) atoms. The average Bonchev–Trinajstić information content (AvgIpc) is 2.92. The molecule has 1 N–H and O–H groups in total. The summed E-state index contributed by atoms with van der Waals surface area (Å²) in [4.78, 5) is 30.2. The standard InChI is InChI=1S/C22H27N8O4S/c31-18-30(32)20(5-9-27-8-3-6-23-17-27)16-35(33,34)29-12-10-28(11-13-29)22-25-14-19(15-26-22)21-4-1-2-7-24-21/h1-4,6-8,14-15,17-18,20,32H,5,9-13,16H2/q+1. The number of rotatable bonds is 10. The summed E-state index contributed by atoms with van der Waals surface area (Å²) in [7, 11) is -3.72. The van der Waals surface area contributed by atoms with Crippen molar-refractivity contribution < 1.29 is 23.0 Å². The SMILES string of the molecule is O=CN(O)C(CC[n+]1cccnc1)CS(=O)(=O)N1CCN(c2ncc(-c3ccccn3)cn2)CC1. The molecule has 0 radical (unpaired) electrons. The lowest BCUT2D eigenvalue weighted by atomic mass is 10.2. The van der Waals surface area contributed by atoms with Gasteiger partial charge in [-0.1, -0.05) is 11.1 Å². The third-order valence-electron chi connectivity index (χ3n) is 5.78. The molecule has 0 aromatic carbocycles. The fourth-order valence-electron chi connectivity index (χ4n) is 3.83. The first kappa shape index (κ1) is 24.6. The van der Waals surface area contributed by atoms with Crippen LogP contribution >= 0.6 is 0 Å². The van der Waals surface area contributed by atoms with Crippen molar-refractivity contribution in [3.05, 3.63) is 61.6 Å². The van der Waals surface area contributed by atoms with Gasteiger partial charge >= 0.3 is 0 Å². The number of aryl methyl sites for hydroxylation is 1. The second-order valence-corrected chi connectivity index (χ2v) is 10.1. The molecule has 3 aromatic rings. The number of hydroxylamine groups is 2. The molecular formula is C22H27N8O4S+. The maximum Gasteiger partial charge on any atom is 0.286 e. The Balaban J connectivity index is 1.35. The maximum atomic E-state index is 13.1. The molecule has 0 aliphatic carbocycles. The highest BCUT2D eigenvalue weighted by atomic mass is 32.2. The van der Waals surface area contributed by atoms with Gasteiger partial charge < -0.3 is 4.90 Å². The highest BCUT2D eigenvalue weighted by Gasteiger charge is 2.32. The van der Waals surface area contributed by atoms with E-state index in [1.807, 2.05) is 23.1 Å². The monoisotopic (exact) mass is 499 g/mol. The molecule has 3 aromatic heterocycles. The molecule has 1 saturated heterocycles. The molecule has 0 spiro atoms. The van der Waals surface area contributed by atoms with Gasteiger partial charge in [-0.05, 0) is 12.1 Å². The zero-order valence-corrected chi connectivity index (χ0v) is 19.9. The second-order valence-electron chi connectivity index (χ2n) is 8.07. The largest absolute Gasteiger partial charge is 0.338 e. The summed E-state index contributed by atoms with van der Waals surface area (Å²) in [6.45, 7) is 1.76. The van der Waals surface area contributed by atoms with Gasteiger partial charge in [0.05, 0.1) is 30.2 Å². The van der Waals surface area contributed by atoms with Crippen LogP contribution in [0.5, 0.6) is 0 Å². The molecule has 12 nitrogen and oxygen atoms in total. The molecule has 1 aliphatic heterocycles. The third-order valence-corrected chi connectivity index (χ3v) is 7.74. The van der Waals surface area contributed by atoms with E-state index < -0.39 is 16.1 Å². The van der Waals surface area contributed by atoms with Crippen LogP contribution in [0.25, 0.3) is 11.3 Å². The summed E-state index contributed by atoms with van der Waals surface area (Å²) in [6.07, 6.45) is 10.6. The predicted octanol–water partition coefficient (Wildman–Crippen LogP) is -0.0206. The molecule has 1 amide bonds. The molecule has 4 rings (SSSR count). The van der Waals surface area contributed by atoms with E-state index in [4.69, 9.17) is 0 Å². The van der Waals surface area contributed by atoms with Crippen LogP contribution in [0.3, 0.4) is 0 Å². The summed E-state index contributed by atoms with van der Waals surface area (Å²) in [5.74, 6) is 0.147. The minimum atomic E-state index is -3.72. The highest BCUT2D eigenvalue weighted by Crippen LogP contribution is 2.19. The van der Waals surface area contributed by atoms with Gasteiger partial charge in [0.2, 0.25) is 22.4 Å². The zero-order chi connectivity index (χ0) is 24.7. The second kappa shape index (κ2) is 11.3.